The Bertz CT molecular complexity index is 1370. The molecule has 0 aliphatic heterocycles. The molecule has 0 aliphatic carbocycles. The summed E-state index contributed by atoms with van der Waals surface area (Å²) in [6, 6.07) is 19.5. The zero-order chi connectivity index (χ0) is 27.2. The van der Waals surface area contributed by atoms with Crippen molar-refractivity contribution in [3.8, 4) is 0 Å². The fourth-order valence-corrected chi connectivity index (χ4v) is 5.43. The van der Waals surface area contributed by atoms with E-state index in [0.29, 0.717) is 15.6 Å². The molecule has 0 heterocycles. The number of benzene rings is 3. The monoisotopic (exact) mass is 581 g/mol. The standard InChI is InChI=1S/C26H26Cl3N3O4S/c1-30-26(34)24(14-18-8-4-3-5-9-18)31(16-19-10-6-7-11-21(19)28)25(33)17-32(37(2,35)36)23-13-12-20(27)15-22(23)29/h3-13,15,24H,14,16-17H2,1-2H3,(H,30,34)/t24-/m1/s1. The maximum atomic E-state index is 13.8. The van der Waals surface area contributed by atoms with E-state index in [0.717, 1.165) is 16.1 Å². The Morgan fingerprint density at radius 2 is 1.57 bits per heavy atom. The van der Waals surface area contributed by atoms with Crippen LogP contribution in [0.3, 0.4) is 0 Å². The van der Waals surface area contributed by atoms with E-state index in [2.05, 4.69) is 5.32 Å². The van der Waals surface area contributed by atoms with Gasteiger partial charge in [0.1, 0.15) is 12.6 Å². The van der Waals surface area contributed by atoms with E-state index in [1.54, 1.807) is 24.3 Å². The molecule has 3 aromatic rings. The summed E-state index contributed by atoms with van der Waals surface area (Å²) in [6.45, 7) is -0.609. The van der Waals surface area contributed by atoms with Gasteiger partial charge in [-0.2, -0.15) is 0 Å². The van der Waals surface area contributed by atoms with Crippen LogP contribution in [0.5, 0.6) is 0 Å². The highest BCUT2D eigenvalue weighted by molar-refractivity contribution is 7.92. The molecular weight excluding hydrogens is 557 g/mol. The maximum absolute atomic E-state index is 13.8. The van der Waals surface area contributed by atoms with Gasteiger partial charge in [-0.1, -0.05) is 83.3 Å². The smallest absolute Gasteiger partial charge is 0.244 e. The van der Waals surface area contributed by atoms with E-state index in [1.165, 1.54) is 30.1 Å². The van der Waals surface area contributed by atoms with E-state index in [9.17, 15) is 18.0 Å². The molecule has 3 aromatic carbocycles. The number of halogens is 3. The Hall–Kier alpha value is -2.78. The van der Waals surface area contributed by atoms with Crippen molar-refractivity contribution in [1.29, 1.82) is 0 Å². The molecule has 0 aliphatic rings. The third-order valence-electron chi connectivity index (χ3n) is 5.67. The first kappa shape index (κ1) is 28.8. The number of hydrogen-bond acceptors (Lipinski definition) is 4. The van der Waals surface area contributed by atoms with Crippen LogP contribution in [-0.2, 0) is 32.6 Å². The number of likely N-dealkylation sites (N-methyl/N-ethyl adjacent to an activating group) is 1. The number of carbonyl (C=O) groups excluding carboxylic acids is 2. The van der Waals surface area contributed by atoms with E-state index in [4.69, 9.17) is 34.8 Å². The average Bonchev–Trinajstić information content (AvgIpc) is 2.85. The lowest BCUT2D eigenvalue weighted by molar-refractivity contribution is -0.139. The highest BCUT2D eigenvalue weighted by Crippen LogP contribution is 2.31. The van der Waals surface area contributed by atoms with E-state index < -0.39 is 34.4 Å². The van der Waals surface area contributed by atoms with Gasteiger partial charge in [0.2, 0.25) is 21.8 Å². The minimum atomic E-state index is -3.94. The van der Waals surface area contributed by atoms with Crippen molar-refractivity contribution in [2.45, 2.75) is 19.0 Å². The summed E-state index contributed by atoms with van der Waals surface area (Å²) in [5, 5.41) is 3.41. The summed E-state index contributed by atoms with van der Waals surface area (Å²) >= 11 is 18.7. The fraction of sp³-hybridized carbons (Fsp3) is 0.231. The van der Waals surface area contributed by atoms with E-state index in [-0.39, 0.29) is 23.7 Å². The second kappa shape index (κ2) is 12.6. The lowest BCUT2D eigenvalue weighted by Crippen LogP contribution is -2.53. The van der Waals surface area contributed by atoms with Crippen molar-refractivity contribution in [3.05, 3.63) is 99.0 Å². The van der Waals surface area contributed by atoms with Crippen molar-refractivity contribution >= 4 is 62.3 Å². The predicted octanol–water partition coefficient (Wildman–Crippen LogP) is 4.80. The third kappa shape index (κ3) is 7.61. The SMILES string of the molecule is CNC(=O)[C@@H](Cc1ccccc1)N(Cc1ccccc1Cl)C(=O)CN(c1ccc(Cl)cc1Cl)S(C)(=O)=O. The van der Waals surface area contributed by atoms with Crippen molar-refractivity contribution in [1.82, 2.24) is 10.2 Å². The summed E-state index contributed by atoms with van der Waals surface area (Å²) in [5.41, 5.74) is 1.53. The highest BCUT2D eigenvalue weighted by Gasteiger charge is 2.33. The predicted molar refractivity (Wildman–Crippen MR) is 149 cm³/mol. The van der Waals surface area contributed by atoms with Gasteiger partial charge in [0.25, 0.3) is 0 Å². The fourth-order valence-electron chi connectivity index (χ4n) is 3.81. The first-order chi connectivity index (χ1) is 17.5. The van der Waals surface area contributed by atoms with Gasteiger partial charge in [0, 0.05) is 30.1 Å². The van der Waals surface area contributed by atoms with Gasteiger partial charge >= 0.3 is 0 Å². The minimum Gasteiger partial charge on any atom is -0.357 e. The molecule has 0 saturated carbocycles. The molecule has 0 unspecified atom stereocenters. The largest absolute Gasteiger partial charge is 0.357 e. The zero-order valence-electron chi connectivity index (χ0n) is 20.2. The molecule has 7 nitrogen and oxygen atoms in total. The van der Waals surface area contributed by atoms with Gasteiger partial charge in [-0.25, -0.2) is 8.42 Å². The Balaban J connectivity index is 2.06. The number of hydrogen-bond donors (Lipinski definition) is 1. The summed E-state index contributed by atoms with van der Waals surface area (Å²) in [6.07, 6.45) is 1.18. The van der Waals surface area contributed by atoms with Crippen LogP contribution in [0.25, 0.3) is 0 Å². The molecule has 37 heavy (non-hydrogen) atoms. The number of nitrogens with one attached hydrogen (secondary N) is 1. The quantitative estimate of drug-likeness (QED) is 0.372. The molecule has 3 rings (SSSR count). The number of amides is 2. The Labute approximate surface area is 232 Å². The van der Waals surface area contributed by atoms with Crippen LogP contribution in [0.15, 0.2) is 72.8 Å². The lowest BCUT2D eigenvalue weighted by Gasteiger charge is -2.33. The first-order valence-corrected chi connectivity index (χ1v) is 14.2. The van der Waals surface area contributed by atoms with Crippen LogP contribution in [0.1, 0.15) is 11.1 Å². The van der Waals surface area contributed by atoms with Gasteiger partial charge < -0.3 is 10.2 Å². The number of anilines is 1. The minimum absolute atomic E-state index is 0.0185. The summed E-state index contributed by atoms with van der Waals surface area (Å²) in [4.78, 5) is 28.3. The van der Waals surface area contributed by atoms with E-state index in [1.807, 2.05) is 30.3 Å². The number of rotatable bonds is 10. The van der Waals surface area contributed by atoms with Gasteiger partial charge in [-0.3, -0.25) is 13.9 Å². The Kier molecular flexibility index (Phi) is 9.84. The highest BCUT2D eigenvalue weighted by atomic mass is 35.5. The third-order valence-corrected chi connectivity index (χ3v) is 7.71. The van der Waals surface area contributed by atoms with Gasteiger partial charge in [0.05, 0.1) is 17.0 Å². The molecular formula is C26H26Cl3N3O4S. The number of carbonyl (C=O) groups is 2. The van der Waals surface area contributed by atoms with Gasteiger partial charge in [0.15, 0.2) is 0 Å². The normalized spacial score (nSPS) is 12.0. The summed E-state index contributed by atoms with van der Waals surface area (Å²) in [5.74, 6) is -1.01. The molecule has 196 valence electrons. The number of nitrogens with zero attached hydrogens (tertiary/aromatic N) is 2. The summed E-state index contributed by atoms with van der Waals surface area (Å²) < 4.78 is 26.4. The van der Waals surface area contributed by atoms with Crippen molar-refractivity contribution in [2.24, 2.45) is 0 Å². The molecule has 1 N–H and O–H groups in total. The Morgan fingerprint density at radius 3 is 2.16 bits per heavy atom. The molecule has 2 amide bonds. The van der Waals surface area contributed by atoms with Crippen LogP contribution in [0.2, 0.25) is 15.1 Å². The molecule has 0 spiro atoms. The molecule has 0 saturated heterocycles. The number of sulfonamides is 1. The van der Waals surface area contributed by atoms with Crippen LogP contribution < -0.4 is 9.62 Å². The van der Waals surface area contributed by atoms with Gasteiger partial charge in [-0.05, 0) is 35.4 Å². The van der Waals surface area contributed by atoms with Crippen LogP contribution in [0, 0.1) is 0 Å². The zero-order valence-corrected chi connectivity index (χ0v) is 23.3. The maximum Gasteiger partial charge on any atom is 0.244 e. The Morgan fingerprint density at radius 1 is 0.919 bits per heavy atom. The average molecular weight is 583 g/mol. The second-order valence-electron chi connectivity index (χ2n) is 8.30. The molecule has 0 radical (unpaired) electrons. The molecule has 1 atom stereocenters. The van der Waals surface area contributed by atoms with Crippen LogP contribution in [-0.4, -0.2) is 51.0 Å². The van der Waals surface area contributed by atoms with Gasteiger partial charge in [-0.15, -0.1) is 0 Å². The molecule has 0 aromatic heterocycles. The first-order valence-electron chi connectivity index (χ1n) is 11.2. The van der Waals surface area contributed by atoms with Crippen LogP contribution >= 0.6 is 34.8 Å². The van der Waals surface area contributed by atoms with Crippen molar-refractivity contribution in [3.63, 3.8) is 0 Å². The topological polar surface area (TPSA) is 86.8 Å². The second-order valence-corrected chi connectivity index (χ2v) is 11.5. The molecule has 0 fully saturated rings. The van der Waals surface area contributed by atoms with Crippen molar-refractivity contribution < 1.29 is 18.0 Å². The summed E-state index contributed by atoms with van der Waals surface area (Å²) in [7, 11) is -2.46. The van der Waals surface area contributed by atoms with Crippen LogP contribution in [0.4, 0.5) is 5.69 Å². The van der Waals surface area contributed by atoms with E-state index >= 15 is 0 Å². The lowest BCUT2D eigenvalue weighted by atomic mass is 10.0. The molecule has 0 bridgehead atoms. The molecule has 11 heteroatoms. The van der Waals surface area contributed by atoms with Crippen molar-refractivity contribution in [2.75, 3.05) is 24.2 Å².